The van der Waals surface area contributed by atoms with Gasteiger partial charge >= 0.3 is 0 Å². The first-order chi connectivity index (χ1) is 14.0. The zero-order valence-electron chi connectivity index (χ0n) is 15.8. The van der Waals surface area contributed by atoms with E-state index >= 15 is 0 Å². The number of carbonyl (C=O) groups is 1. The van der Waals surface area contributed by atoms with Gasteiger partial charge in [-0.15, -0.1) is 11.3 Å². The van der Waals surface area contributed by atoms with Crippen LogP contribution in [0.15, 0.2) is 53.1 Å². The van der Waals surface area contributed by atoms with E-state index in [-0.39, 0.29) is 24.2 Å². The molecule has 4 aromatic rings. The number of nitrogens with one attached hydrogen (secondary N) is 1. The fourth-order valence-electron chi connectivity index (χ4n) is 2.84. The lowest BCUT2D eigenvalue weighted by Gasteiger charge is -2.13. The fraction of sp³-hybridized carbons (Fsp3) is 0.190. The van der Waals surface area contributed by atoms with E-state index in [0.717, 1.165) is 20.8 Å². The van der Waals surface area contributed by atoms with Crippen LogP contribution >= 0.6 is 22.9 Å². The Hall–Kier alpha value is -2.90. The summed E-state index contributed by atoms with van der Waals surface area (Å²) < 4.78 is 12.2. The number of hydrogen-bond acceptors (Lipinski definition) is 6. The van der Waals surface area contributed by atoms with E-state index in [1.807, 2.05) is 44.2 Å². The van der Waals surface area contributed by atoms with Gasteiger partial charge in [0.2, 0.25) is 5.89 Å². The van der Waals surface area contributed by atoms with E-state index in [0.29, 0.717) is 16.7 Å². The molecule has 8 heteroatoms. The quantitative estimate of drug-likeness (QED) is 0.450. The Kier molecular flexibility index (Phi) is 5.51. The van der Waals surface area contributed by atoms with Crippen molar-refractivity contribution in [3.05, 3.63) is 75.9 Å². The molecule has 4 rings (SSSR count). The summed E-state index contributed by atoms with van der Waals surface area (Å²) in [5, 5.41) is 4.55. The van der Waals surface area contributed by atoms with Crippen molar-refractivity contribution in [1.29, 1.82) is 0 Å². The average molecular weight is 428 g/mol. The smallest absolute Gasteiger partial charge is 0.273 e. The highest BCUT2D eigenvalue weighted by Gasteiger charge is 2.16. The molecule has 0 radical (unpaired) electrons. The third-order valence-corrected chi connectivity index (χ3v) is 5.53. The van der Waals surface area contributed by atoms with Crippen LogP contribution in [-0.4, -0.2) is 15.9 Å². The molecular formula is C21H18ClN3O3S. The number of oxazole rings is 1. The van der Waals surface area contributed by atoms with Gasteiger partial charge in [-0.1, -0.05) is 23.7 Å². The Bertz CT molecular complexity index is 1150. The lowest BCUT2D eigenvalue weighted by molar-refractivity contribution is 0.0934. The van der Waals surface area contributed by atoms with Crippen molar-refractivity contribution in [3.63, 3.8) is 0 Å². The summed E-state index contributed by atoms with van der Waals surface area (Å²) in [6.45, 7) is 3.98. The second-order valence-corrected chi connectivity index (χ2v) is 8.20. The van der Waals surface area contributed by atoms with E-state index in [4.69, 9.17) is 20.8 Å². The van der Waals surface area contributed by atoms with Crippen LogP contribution in [0.1, 0.15) is 39.9 Å². The molecule has 1 amide bonds. The molecule has 0 bridgehead atoms. The first kappa shape index (κ1) is 19.4. The number of nitrogens with zero attached hydrogens (tertiary/aromatic N) is 2. The number of hydrogen-bond donors (Lipinski definition) is 1. The van der Waals surface area contributed by atoms with Gasteiger partial charge in [-0.05, 0) is 43.7 Å². The molecule has 29 heavy (non-hydrogen) atoms. The molecule has 2 aromatic carbocycles. The number of amides is 1. The predicted molar refractivity (Wildman–Crippen MR) is 113 cm³/mol. The molecule has 1 atom stereocenters. The molecule has 0 aliphatic rings. The van der Waals surface area contributed by atoms with Gasteiger partial charge < -0.3 is 14.5 Å². The van der Waals surface area contributed by atoms with Gasteiger partial charge in [0.1, 0.15) is 12.0 Å². The van der Waals surface area contributed by atoms with Crippen LogP contribution in [0.3, 0.4) is 0 Å². The van der Waals surface area contributed by atoms with E-state index in [2.05, 4.69) is 15.3 Å². The van der Waals surface area contributed by atoms with Crippen molar-refractivity contribution >= 4 is 39.1 Å². The number of rotatable bonds is 6. The molecule has 0 saturated heterocycles. The highest BCUT2D eigenvalue weighted by Crippen LogP contribution is 2.26. The van der Waals surface area contributed by atoms with Gasteiger partial charge in [-0.3, -0.25) is 4.79 Å². The lowest BCUT2D eigenvalue weighted by atomic mass is 10.1. The minimum atomic E-state index is -0.318. The molecule has 6 nitrogen and oxygen atoms in total. The highest BCUT2D eigenvalue weighted by molar-refractivity contribution is 7.18. The van der Waals surface area contributed by atoms with E-state index < -0.39 is 0 Å². The number of aryl methyl sites for hydroxylation is 1. The van der Waals surface area contributed by atoms with Gasteiger partial charge in [0.15, 0.2) is 12.3 Å². The van der Waals surface area contributed by atoms with Crippen molar-refractivity contribution in [1.82, 2.24) is 15.3 Å². The van der Waals surface area contributed by atoms with Crippen LogP contribution < -0.4 is 10.1 Å². The molecule has 0 aliphatic heterocycles. The third-order valence-electron chi connectivity index (χ3n) is 4.33. The Morgan fingerprint density at radius 1 is 1.24 bits per heavy atom. The third kappa shape index (κ3) is 4.58. The number of thiazole rings is 1. The molecule has 0 spiro atoms. The van der Waals surface area contributed by atoms with Crippen LogP contribution in [0.2, 0.25) is 5.02 Å². The first-order valence-electron chi connectivity index (χ1n) is 8.98. The van der Waals surface area contributed by atoms with Gasteiger partial charge in [0.05, 0.1) is 21.3 Å². The Labute approximate surface area is 176 Å². The minimum Gasteiger partial charge on any atom is -0.484 e. The number of aromatic nitrogens is 2. The maximum Gasteiger partial charge on any atom is 0.273 e. The summed E-state index contributed by atoms with van der Waals surface area (Å²) >= 11 is 7.54. The Morgan fingerprint density at radius 2 is 2.03 bits per heavy atom. The summed E-state index contributed by atoms with van der Waals surface area (Å²) in [6.07, 6.45) is 1.33. The zero-order valence-corrected chi connectivity index (χ0v) is 17.4. The van der Waals surface area contributed by atoms with Crippen LogP contribution in [0.25, 0.3) is 10.2 Å². The van der Waals surface area contributed by atoms with Crippen LogP contribution in [0, 0.1) is 6.92 Å². The van der Waals surface area contributed by atoms with Crippen molar-refractivity contribution < 1.29 is 13.9 Å². The molecule has 0 unspecified atom stereocenters. The maximum absolute atomic E-state index is 12.4. The largest absolute Gasteiger partial charge is 0.484 e. The number of benzene rings is 2. The molecule has 2 aromatic heterocycles. The van der Waals surface area contributed by atoms with Crippen LogP contribution in [0.5, 0.6) is 5.75 Å². The summed E-state index contributed by atoms with van der Waals surface area (Å²) in [4.78, 5) is 21.1. The topological polar surface area (TPSA) is 77.2 Å². The summed E-state index contributed by atoms with van der Waals surface area (Å²) in [5.41, 5.74) is 2.05. The minimum absolute atomic E-state index is 0.120. The van der Waals surface area contributed by atoms with E-state index in [9.17, 15) is 4.79 Å². The normalized spacial score (nSPS) is 12.1. The summed E-state index contributed by atoms with van der Waals surface area (Å²) in [6, 6.07) is 12.9. The summed E-state index contributed by atoms with van der Waals surface area (Å²) in [5.74, 6) is 0.675. The highest BCUT2D eigenvalue weighted by atomic mass is 35.5. The average Bonchev–Trinajstić information content (AvgIpc) is 3.32. The van der Waals surface area contributed by atoms with Crippen molar-refractivity contribution in [2.75, 3.05) is 0 Å². The second-order valence-electron chi connectivity index (χ2n) is 6.52. The zero-order chi connectivity index (χ0) is 20.4. The van der Waals surface area contributed by atoms with Crippen molar-refractivity contribution in [2.24, 2.45) is 0 Å². The molecule has 2 heterocycles. The van der Waals surface area contributed by atoms with Gasteiger partial charge in [0.25, 0.3) is 5.91 Å². The summed E-state index contributed by atoms with van der Waals surface area (Å²) in [7, 11) is 0. The van der Waals surface area contributed by atoms with Gasteiger partial charge in [-0.2, -0.15) is 0 Å². The predicted octanol–water partition coefficient (Wildman–Crippen LogP) is 5.32. The molecule has 0 fully saturated rings. The fourth-order valence-corrected chi connectivity index (χ4v) is 3.78. The molecule has 1 N–H and O–H groups in total. The number of ether oxygens (including phenoxy) is 1. The number of carbonyl (C=O) groups excluding carboxylic acids is 1. The van der Waals surface area contributed by atoms with E-state index in [1.54, 1.807) is 23.5 Å². The van der Waals surface area contributed by atoms with Crippen LogP contribution in [0.4, 0.5) is 0 Å². The first-order valence-corrected chi connectivity index (χ1v) is 10.2. The van der Waals surface area contributed by atoms with Crippen LogP contribution in [-0.2, 0) is 6.61 Å². The Balaban J connectivity index is 1.36. The standard InChI is InChI=1S/C21H18ClN3O3S/c1-12(14-3-5-15(22)6-4-14)23-21(26)18-10-28-20(25-18)11-27-16-7-8-19-17(9-16)24-13(2)29-19/h3-10,12H,11H2,1-2H3,(H,23,26)/t12-/m1/s1. The Morgan fingerprint density at radius 3 is 2.83 bits per heavy atom. The number of halogens is 1. The molecular weight excluding hydrogens is 410 g/mol. The lowest BCUT2D eigenvalue weighted by Crippen LogP contribution is -2.26. The SMILES string of the molecule is Cc1nc2cc(OCc3nc(C(=O)N[C@H](C)c4ccc(Cl)cc4)co3)ccc2s1. The second kappa shape index (κ2) is 8.23. The van der Waals surface area contributed by atoms with Crippen molar-refractivity contribution in [3.8, 4) is 5.75 Å². The van der Waals surface area contributed by atoms with Gasteiger partial charge in [0, 0.05) is 11.1 Å². The number of fused-ring (bicyclic) bond motifs is 1. The molecule has 148 valence electrons. The monoisotopic (exact) mass is 427 g/mol. The van der Waals surface area contributed by atoms with Crippen molar-refractivity contribution in [2.45, 2.75) is 26.5 Å². The van der Waals surface area contributed by atoms with Gasteiger partial charge in [-0.25, -0.2) is 9.97 Å². The molecule has 0 saturated carbocycles. The maximum atomic E-state index is 12.4. The molecule has 0 aliphatic carbocycles. The van der Waals surface area contributed by atoms with E-state index in [1.165, 1.54) is 6.26 Å².